The number of fused-ring (bicyclic) bond motifs is 1. The van der Waals surface area contributed by atoms with Crippen molar-refractivity contribution in [3.63, 3.8) is 0 Å². The van der Waals surface area contributed by atoms with Gasteiger partial charge in [-0.1, -0.05) is 47.5 Å². The lowest BCUT2D eigenvalue weighted by Gasteiger charge is -2.07. The molecule has 3 aromatic rings. The third-order valence-electron chi connectivity index (χ3n) is 3.38. The SMILES string of the molecule is Cc1ccc(NC(=S)N/N=C/c2cc3ccccc3nc2Cl)cc1. The van der Waals surface area contributed by atoms with Crippen LogP contribution in [0.25, 0.3) is 10.9 Å². The van der Waals surface area contributed by atoms with Crippen LogP contribution in [0.4, 0.5) is 5.69 Å². The summed E-state index contributed by atoms with van der Waals surface area (Å²) in [6.07, 6.45) is 1.60. The number of nitrogens with zero attached hydrogens (tertiary/aromatic N) is 2. The highest BCUT2D eigenvalue weighted by molar-refractivity contribution is 7.80. The van der Waals surface area contributed by atoms with E-state index in [4.69, 9.17) is 23.8 Å². The summed E-state index contributed by atoms with van der Waals surface area (Å²) in [4.78, 5) is 4.35. The maximum Gasteiger partial charge on any atom is 0.191 e. The van der Waals surface area contributed by atoms with Gasteiger partial charge in [-0.25, -0.2) is 4.98 Å². The van der Waals surface area contributed by atoms with Crippen LogP contribution in [0.15, 0.2) is 59.7 Å². The highest BCUT2D eigenvalue weighted by atomic mass is 35.5. The molecule has 4 nitrogen and oxygen atoms in total. The number of hydrogen-bond acceptors (Lipinski definition) is 3. The van der Waals surface area contributed by atoms with Gasteiger partial charge in [-0.3, -0.25) is 5.43 Å². The minimum Gasteiger partial charge on any atom is -0.331 e. The zero-order valence-corrected chi connectivity index (χ0v) is 14.5. The molecular formula is C18H15ClN4S. The number of nitrogens with one attached hydrogen (secondary N) is 2. The molecule has 0 aliphatic rings. The number of thiocarbonyl (C=S) groups is 1. The largest absolute Gasteiger partial charge is 0.331 e. The molecule has 0 amide bonds. The first-order valence-corrected chi connectivity index (χ1v) is 8.12. The van der Waals surface area contributed by atoms with Crippen LogP contribution in [0.2, 0.25) is 5.15 Å². The number of aromatic nitrogens is 1. The lowest BCUT2D eigenvalue weighted by Crippen LogP contribution is -2.23. The second kappa shape index (κ2) is 7.38. The number of hydrogen-bond donors (Lipinski definition) is 2. The molecule has 120 valence electrons. The Balaban J connectivity index is 1.66. The zero-order valence-electron chi connectivity index (χ0n) is 13.0. The number of aryl methyl sites for hydroxylation is 1. The van der Waals surface area contributed by atoms with Crippen molar-refractivity contribution in [3.8, 4) is 0 Å². The van der Waals surface area contributed by atoms with E-state index in [-0.39, 0.29) is 0 Å². The van der Waals surface area contributed by atoms with Crippen LogP contribution in [0.1, 0.15) is 11.1 Å². The molecule has 0 fully saturated rings. The first-order valence-electron chi connectivity index (χ1n) is 7.34. The van der Waals surface area contributed by atoms with Crippen molar-refractivity contribution in [2.45, 2.75) is 6.92 Å². The lowest BCUT2D eigenvalue weighted by molar-refractivity contribution is 1.05. The average Bonchev–Trinajstić information content (AvgIpc) is 2.57. The highest BCUT2D eigenvalue weighted by Crippen LogP contribution is 2.18. The van der Waals surface area contributed by atoms with Gasteiger partial charge in [0.1, 0.15) is 5.15 Å². The summed E-state index contributed by atoms with van der Waals surface area (Å²) in [6.45, 7) is 2.03. The highest BCUT2D eigenvalue weighted by Gasteiger charge is 2.02. The van der Waals surface area contributed by atoms with Crippen LogP contribution >= 0.6 is 23.8 Å². The zero-order chi connectivity index (χ0) is 16.9. The Morgan fingerprint density at radius 1 is 1.17 bits per heavy atom. The number of para-hydroxylation sites is 1. The van der Waals surface area contributed by atoms with Crippen LogP contribution < -0.4 is 10.7 Å². The van der Waals surface area contributed by atoms with Gasteiger partial charge in [0.25, 0.3) is 0 Å². The second-order valence-electron chi connectivity index (χ2n) is 5.25. The molecule has 0 saturated carbocycles. The number of pyridine rings is 1. The molecule has 0 aliphatic heterocycles. The lowest BCUT2D eigenvalue weighted by atomic mass is 10.2. The molecule has 0 aliphatic carbocycles. The van der Waals surface area contributed by atoms with Crippen LogP contribution in [0.3, 0.4) is 0 Å². The quantitative estimate of drug-likeness (QED) is 0.314. The number of anilines is 1. The monoisotopic (exact) mass is 354 g/mol. The van der Waals surface area contributed by atoms with Crippen LogP contribution in [-0.4, -0.2) is 16.3 Å². The topological polar surface area (TPSA) is 49.3 Å². The van der Waals surface area contributed by atoms with Gasteiger partial charge in [0.05, 0.1) is 11.7 Å². The molecule has 0 spiro atoms. The molecule has 0 atom stereocenters. The molecule has 0 radical (unpaired) electrons. The molecule has 0 saturated heterocycles. The Morgan fingerprint density at radius 3 is 2.71 bits per heavy atom. The minimum atomic E-state index is 0.400. The van der Waals surface area contributed by atoms with E-state index in [9.17, 15) is 0 Å². The smallest absolute Gasteiger partial charge is 0.191 e. The minimum absolute atomic E-state index is 0.400. The van der Waals surface area contributed by atoms with E-state index < -0.39 is 0 Å². The van der Waals surface area contributed by atoms with Crippen molar-refractivity contribution >= 4 is 51.7 Å². The van der Waals surface area contributed by atoms with E-state index in [1.165, 1.54) is 5.56 Å². The molecular weight excluding hydrogens is 340 g/mol. The average molecular weight is 355 g/mol. The van der Waals surface area contributed by atoms with Crippen molar-refractivity contribution in [3.05, 3.63) is 70.9 Å². The fourth-order valence-electron chi connectivity index (χ4n) is 2.16. The summed E-state index contributed by atoms with van der Waals surface area (Å²) in [5.41, 5.74) is 6.44. The van der Waals surface area contributed by atoms with Crippen molar-refractivity contribution in [2.24, 2.45) is 5.10 Å². The third-order valence-corrected chi connectivity index (χ3v) is 3.88. The molecule has 1 aromatic heterocycles. The van der Waals surface area contributed by atoms with Gasteiger partial charge < -0.3 is 5.32 Å². The summed E-state index contributed by atoms with van der Waals surface area (Å²) < 4.78 is 0. The first kappa shape index (κ1) is 16.4. The second-order valence-corrected chi connectivity index (χ2v) is 6.02. The fraction of sp³-hybridized carbons (Fsp3) is 0.0556. The Labute approximate surface area is 150 Å². The molecule has 0 bridgehead atoms. The normalized spacial score (nSPS) is 10.9. The van der Waals surface area contributed by atoms with Gasteiger partial charge in [-0.15, -0.1) is 0 Å². The maximum atomic E-state index is 6.18. The number of rotatable bonds is 3. The van der Waals surface area contributed by atoms with E-state index in [2.05, 4.69) is 20.8 Å². The van der Waals surface area contributed by atoms with Crippen LogP contribution in [0.5, 0.6) is 0 Å². The Hall–Kier alpha value is -2.50. The Bertz CT molecular complexity index is 907. The van der Waals surface area contributed by atoms with Crippen molar-refractivity contribution in [2.75, 3.05) is 5.32 Å². The molecule has 24 heavy (non-hydrogen) atoms. The van der Waals surface area contributed by atoms with Crippen molar-refractivity contribution in [1.82, 2.24) is 10.4 Å². The number of benzene rings is 2. The van der Waals surface area contributed by atoms with Gasteiger partial charge >= 0.3 is 0 Å². The summed E-state index contributed by atoms with van der Waals surface area (Å²) in [5.74, 6) is 0. The van der Waals surface area contributed by atoms with E-state index in [1.807, 2.05) is 61.5 Å². The van der Waals surface area contributed by atoms with Crippen LogP contribution in [-0.2, 0) is 0 Å². The molecule has 3 rings (SSSR count). The summed E-state index contributed by atoms with van der Waals surface area (Å²) in [5, 5.41) is 8.98. The first-order chi connectivity index (χ1) is 11.6. The molecule has 2 N–H and O–H groups in total. The van der Waals surface area contributed by atoms with Crippen molar-refractivity contribution < 1.29 is 0 Å². The van der Waals surface area contributed by atoms with Gasteiger partial charge in [-0.2, -0.15) is 5.10 Å². The summed E-state index contributed by atoms with van der Waals surface area (Å²) >= 11 is 11.4. The number of hydrazone groups is 1. The van der Waals surface area contributed by atoms with Gasteiger partial charge in [0.15, 0.2) is 5.11 Å². The Kier molecular flexibility index (Phi) is 5.03. The van der Waals surface area contributed by atoms with E-state index in [0.717, 1.165) is 22.2 Å². The predicted molar refractivity (Wildman–Crippen MR) is 105 cm³/mol. The molecule has 1 heterocycles. The summed E-state index contributed by atoms with van der Waals surface area (Å²) in [6, 6.07) is 17.6. The van der Waals surface area contributed by atoms with Gasteiger partial charge in [-0.05, 0) is 43.4 Å². The van der Waals surface area contributed by atoms with E-state index in [0.29, 0.717) is 10.3 Å². The van der Waals surface area contributed by atoms with E-state index >= 15 is 0 Å². The maximum absolute atomic E-state index is 6.18. The molecule has 6 heteroatoms. The van der Waals surface area contributed by atoms with Gasteiger partial charge in [0.2, 0.25) is 0 Å². The third kappa shape index (κ3) is 4.07. The Morgan fingerprint density at radius 2 is 1.92 bits per heavy atom. The fourth-order valence-corrected chi connectivity index (χ4v) is 2.52. The van der Waals surface area contributed by atoms with Crippen molar-refractivity contribution in [1.29, 1.82) is 0 Å². The standard InChI is InChI=1S/C18H15ClN4S/c1-12-6-8-15(9-7-12)21-18(24)23-20-11-14-10-13-4-2-3-5-16(13)22-17(14)19/h2-11H,1H3,(H2,21,23,24)/b20-11+. The predicted octanol–water partition coefficient (Wildman–Crippen LogP) is 4.52. The number of halogens is 1. The molecule has 2 aromatic carbocycles. The molecule has 0 unspecified atom stereocenters. The van der Waals surface area contributed by atoms with E-state index in [1.54, 1.807) is 6.21 Å². The summed E-state index contributed by atoms with van der Waals surface area (Å²) in [7, 11) is 0. The van der Waals surface area contributed by atoms with Crippen LogP contribution in [0, 0.1) is 6.92 Å². The van der Waals surface area contributed by atoms with Gasteiger partial charge in [0, 0.05) is 16.6 Å².